The Hall–Kier alpha value is -3.66. The van der Waals surface area contributed by atoms with Gasteiger partial charge in [-0.1, -0.05) is 24.0 Å². The van der Waals surface area contributed by atoms with Gasteiger partial charge in [0.05, 0.1) is 6.61 Å². The zero-order valence-electron chi connectivity index (χ0n) is 16.3. The highest BCUT2D eigenvalue weighted by molar-refractivity contribution is 5.89. The van der Waals surface area contributed by atoms with Crippen molar-refractivity contribution in [2.45, 2.75) is 13.3 Å². The molecule has 3 aromatic rings. The van der Waals surface area contributed by atoms with Gasteiger partial charge in [0.2, 0.25) is 5.91 Å². The lowest BCUT2D eigenvalue weighted by Gasteiger charge is -2.08. The van der Waals surface area contributed by atoms with Gasteiger partial charge < -0.3 is 14.0 Å². The third-order valence-electron chi connectivity index (χ3n) is 4.81. The summed E-state index contributed by atoms with van der Waals surface area (Å²) in [6.07, 6.45) is 5.77. The van der Waals surface area contributed by atoms with Crippen molar-refractivity contribution >= 4 is 17.5 Å². The molecule has 1 aliphatic heterocycles. The summed E-state index contributed by atoms with van der Waals surface area (Å²) in [6.45, 7) is 2.77. The highest BCUT2D eigenvalue weighted by Gasteiger charge is 2.27. The van der Waals surface area contributed by atoms with Gasteiger partial charge in [-0.05, 0) is 25.5 Å². The first-order valence-corrected chi connectivity index (χ1v) is 9.44. The molecule has 0 bridgehead atoms. The highest BCUT2D eigenvalue weighted by atomic mass is 16.5. The van der Waals surface area contributed by atoms with Crippen LogP contribution in [0.15, 0.2) is 42.9 Å². The van der Waals surface area contributed by atoms with E-state index in [9.17, 15) is 9.59 Å². The molecule has 4 rings (SSSR count). The summed E-state index contributed by atoms with van der Waals surface area (Å²) in [6, 6.07) is 7.55. The van der Waals surface area contributed by atoms with E-state index < -0.39 is 5.97 Å². The molecule has 29 heavy (non-hydrogen) atoms. The van der Waals surface area contributed by atoms with Crippen molar-refractivity contribution in [2.24, 2.45) is 5.92 Å². The molecule has 1 aliphatic rings. The SMILES string of the molecule is CCOC(=O)c1cn2ccnc2c(-c2cccc(C#CC3CCN(C)C3=O)c2)n1. The number of rotatable bonds is 3. The van der Waals surface area contributed by atoms with E-state index in [0.29, 0.717) is 11.3 Å². The molecule has 1 fully saturated rings. The number of hydrogen-bond acceptors (Lipinski definition) is 5. The van der Waals surface area contributed by atoms with E-state index in [1.165, 1.54) is 0 Å². The maximum atomic E-state index is 12.2. The van der Waals surface area contributed by atoms with Crippen LogP contribution < -0.4 is 0 Å². The Morgan fingerprint density at radius 1 is 1.38 bits per heavy atom. The van der Waals surface area contributed by atoms with Crippen molar-refractivity contribution in [2.75, 3.05) is 20.2 Å². The number of fused-ring (bicyclic) bond motifs is 1. The fourth-order valence-electron chi connectivity index (χ4n) is 3.30. The van der Waals surface area contributed by atoms with Gasteiger partial charge in [-0.3, -0.25) is 4.79 Å². The van der Waals surface area contributed by atoms with E-state index in [0.717, 1.165) is 24.1 Å². The molecule has 3 heterocycles. The summed E-state index contributed by atoms with van der Waals surface area (Å²) < 4.78 is 6.84. The molecule has 0 radical (unpaired) electrons. The van der Waals surface area contributed by atoms with Crippen LogP contribution in [0.3, 0.4) is 0 Å². The van der Waals surface area contributed by atoms with Crippen LogP contribution in [0.5, 0.6) is 0 Å². The molecule has 0 N–H and O–H groups in total. The van der Waals surface area contributed by atoms with Crippen molar-refractivity contribution in [1.29, 1.82) is 0 Å². The lowest BCUT2D eigenvalue weighted by atomic mass is 10.1. The number of carbonyl (C=O) groups is 2. The number of hydrogen-bond donors (Lipinski definition) is 0. The average molecular weight is 388 g/mol. The highest BCUT2D eigenvalue weighted by Crippen LogP contribution is 2.23. The summed E-state index contributed by atoms with van der Waals surface area (Å²) in [7, 11) is 1.79. The number of aromatic nitrogens is 3. The monoisotopic (exact) mass is 388 g/mol. The first kappa shape index (κ1) is 18.7. The van der Waals surface area contributed by atoms with Gasteiger partial charge in [-0.25, -0.2) is 14.8 Å². The van der Waals surface area contributed by atoms with E-state index in [1.54, 1.807) is 41.9 Å². The Balaban J connectivity index is 1.72. The predicted octanol–water partition coefficient (Wildman–Crippen LogP) is 2.40. The van der Waals surface area contributed by atoms with Crippen LogP contribution in [0.4, 0.5) is 0 Å². The third-order valence-corrected chi connectivity index (χ3v) is 4.81. The molecule has 1 amide bonds. The summed E-state index contributed by atoms with van der Waals surface area (Å²) in [5.74, 6) is 5.51. The largest absolute Gasteiger partial charge is 0.461 e. The second kappa shape index (κ2) is 7.76. The van der Waals surface area contributed by atoms with Crippen molar-refractivity contribution in [3.8, 4) is 23.1 Å². The summed E-state index contributed by atoms with van der Waals surface area (Å²) >= 11 is 0. The first-order chi connectivity index (χ1) is 14.1. The van der Waals surface area contributed by atoms with E-state index in [2.05, 4.69) is 21.8 Å². The quantitative estimate of drug-likeness (QED) is 0.509. The molecule has 0 spiro atoms. The van der Waals surface area contributed by atoms with E-state index in [1.807, 2.05) is 24.3 Å². The smallest absolute Gasteiger partial charge is 0.358 e. The first-order valence-electron chi connectivity index (χ1n) is 9.44. The van der Waals surface area contributed by atoms with Crippen molar-refractivity contribution in [1.82, 2.24) is 19.3 Å². The number of nitrogens with zero attached hydrogens (tertiary/aromatic N) is 4. The minimum Gasteiger partial charge on any atom is -0.461 e. The van der Waals surface area contributed by atoms with E-state index >= 15 is 0 Å². The molecule has 7 nitrogen and oxygen atoms in total. The molecule has 1 saturated heterocycles. The van der Waals surface area contributed by atoms with Crippen molar-refractivity contribution in [3.05, 3.63) is 54.1 Å². The van der Waals surface area contributed by atoms with E-state index in [-0.39, 0.29) is 24.1 Å². The topological polar surface area (TPSA) is 76.8 Å². The Labute approximate surface area is 168 Å². The number of amides is 1. The van der Waals surface area contributed by atoms with Crippen LogP contribution in [-0.2, 0) is 9.53 Å². The van der Waals surface area contributed by atoms with Crippen LogP contribution in [-0.4, -0.2) is 51.3 Å². The summed E-state index contributed by atoms with van der Waals surface area (Å²) in [5, 5.41) is 0. The van der Waals surface area contributed by atoms with Gasteiger partial charge in [0.1, 0.15) is 11.6 Å². The standard InChI is InChI=1S/C22H20N4O3/c1-3-29-22(28)18-14-26-12-10-23-20(26)19(24-18)17-6-4-5-15(13-17)7-8-16-9-11-25(2)21(16)27/h4-6,10,12-14,16H,3,9,11H2,1-2H3. The maximum absolute atomic E-state index is 12.2. The van der Waals surface area contributed by atoms with E-state index in [4.69, 9.17) is 4.74 Å². The summed E-state index contributed by atoms with van der Waals surface area (Å²) in [5.41, 5.74) is 2.98. The van der Waals surface area contributed by atoms with Gasteiger partial charge >= 0.3 is 5.97 Å². The lowest BCUT2D eigenvalue weighted by Crippen LogP contribution is -2.21. The van der Waals surface area contributed by atoms with Gasteiger partial charge in [0.15, 0.2) is 11.3 Å². The second-order valence-corrected chi connectivity index (χ2v) is 6.80. The Bertz CT molecular complexity index is 1160. The molecular formula is C22H20N4O3. The van der Waals surface area contributed by atoms with Gasteiger partial charge in [-0.2, -0.15) is 0 Å². The molecule has 1 aromatic carbocycles. The van der Waals surface area contributed by atoms with Crippen molar-refractivity contribution in [3.63, 3.8) is 0 Å². The van der Waals surface area contributed by atoms with Crippen molar-refractivity contribution < 1.29 is 14.3 Å². The van der Waals surface area contributed by atoms with Crippen LogP contribution >= 0.6 is 0 Å². The number of benzene rings is 1. The normalized spacial score (nSPS) is 16.0. The third kappa shape index (κ3) is 3.69. The fraction of sp³-hybridized carbons (Fsp3) is 0.273. The molecule has 146 valence electrons. The maximum Gasteiger partial charge on any atom is 0.358 e. The summed E-state index contributed by atoms with van der Waals surface area (Å²) in [4.78, 5) is 34.8. The number of carbonyl (C=O) groups excluding carboxylic acids is 2. The second-order valence-electron chi connectivity index (χ2n) is 6.80. The number of ether oxygens (including phenoxy) is 1. The van der Waals surface area contributed by atoms with Crippen LogP contribution in [0.1, 0.15) is 29.4 Å². The van der Waals surface area contributed by atoms with Crippen LogP contribution in [0, 0.1) is 17.8 Å². The predicted molar refractivity (Wildman–Crippen MR) is 107 cm³/mol. The van der Waals surface area contributed by atoms with Crippen LogP contribution in [0.25, 0.3) is 16.9 Å². The van der Waals surface area contributed by atoms with Crippen LogP contribution in [0.2, 0.25) is 0 Å². The Kier molecular flexibility index (Phi) is 5.00. The zero-order chi connectivity index (χ0) is 20.4. The molecule has 0 saturated carbocycles. The molecule has 7 heteroatoms. The van der Waals surface area contributed by atoms with Gasteiger partial charge in [0, 0.05) is 43.3 Å². The molecule has 1 unspecified atom stereocenters. The molecule has 0 aliphatic carbocycles. The number of likely N-dealkylation sites (tertiary alicyclic amines) is 1. The molecule has 2 aromatic heterocycles. The Morgan fingerprint density at radius 2 is 2.24 bits per heavy atom. The Morgan fingerprint density at radius 3 is 3.00 bits per heavy atom. The molecular weight excluding hydrogens is 368 g/mol. The fourth-order valence-corrected chi connectivity index (χ4v) is 3.30. The minimum atomic E-state index is -0.482. The zero-order valence-corrected chi connectivity index (χ0v) is 16.3. The number of esters is 1. The number of imidazole rings is 1. The lowest BCUT2D eigenvalue weighted by molar-refractivity contribution is -0.128. The van der Waals surface area contributed by atoms with Gasteiger partial charge in [-0.15, -0.1) is 0 Å². The van der Waals surface area contributed by atoms with Gasteiger partial charge in [0.25, 0.3) is 0 Å². The average Bonchev–Trinajstić information content (AvgIpc) is 3.33. The molecule has 1 atom stereocenters. The minimum absolute atomic E-state index is 0.0663.